The van der Waals surface area contributed by atoms with E-state index in [1.54, 1.807) is 13.1 Å². The molecule has 0 spiro atoms. The molecule has 27 heavy (non-hydrogen) atoms. The molecule has 3 aromatic rings. The smallest absolute Gasteiger partial charge is 0.331 e. The minimum absolute atomic E-state index is 0.290. The van der Waals surface area contributed by atoms with Gasteiger partial charge in [-0.05, 0) is 29.8 Å². The summed E-state index contributed by atoms with van der Waals surface area (Å²) in [6.07, 6.45) is 2.60. The van der Waals surface area contributed by atoms with Crippen LogP contribution in [0.15, 0.2) is 63.5 Å². The molecular weight excluding hydrogens is 412 g/mol. The van der Waals surface area contributed by atoms with Crippen LogP contribution >= 0.6 is 15.9 Å². The van der Waals surface area contributed by atoms with Crippen LogP contribution in [0.25, 0.3) is 17.2 Å². The van der Waals surface area contributed by atoms with Crippen LogP contribution in [0.5, 0.6) is 0 Å². The van der Waals surface area contributed by atoms with E-state index in [-0.39, 0.29) is 12.5 Å². The zero-order chi connectivity index (χ0) is 19.2. The number of para-hydroxylation sites is 2. The Bertz CT molecular complexity index is 946. The van der Waals surface area contributed by atoms with E-state index in [1.165, 1.54) is 17.1 Å². The third kappa shape index (κ3) is 5.27. The van der Waals surface area contributed by atoms with Crippen LogP contribution in [-0.2, 0) is 20.9 Å². The maximum absolute atomic E-state index is 12.1. The van der Waals surface area contributed by atoms with Gasteiger partial charge in [-0.1, -0.05) is 40.2 Å². The average molecular weight is 429 g/mol. The zero-order valence-electron chi connectivity index (χ0n) is 14.6. The third-order valence-corrected chi connectivity index (χ3v) is 4.30. The summed E-state index contributed by atoms with van der Waals surface area (Å²) in [7, 11) is 1.66. The zero-order valence-corrected chi connectivity index (χ0v) is 16.2. The maximum atomic E-state index is 12.1. The average Bonchev–Trinajstić information content (AvgIpc) is 3.09. The van der Waals surface area contributed by atoms with Crippen molar-refractivity contribution in [2.24, 2.45) is 0 Å². The van der Waals surface area contributed by atoms with Gasteiger partial charge in [-0.15, -0.1) is 0 Å². The first-order chi connectivity index (χ1) is 13.0. The van der Waals surface area contributed by atoms with Gasteiger partial charge >= 0.3 is 5.97 Å². The summed E-state index contributed by atoms with van der Waals surface area (Å²) in [5, 5.41) is 0. The summed E-state index contributed by atoms with van der Waals surface area (Å²) in [6, 6.07) is 14.9. The van der Waals surface area contributed by atoms with Gasteiger partial charge in [0.05, 0.1) is 0 Å². The molecule has 3 rings (SSSR count). The molecule has 0 radical (unpaired) electrons. The number of nitrogens with zero attached hydrogens (tertiary/aromatic N) is 2. The fourth-order valence-corrected chi connectivity index (χ4v) is 2.61. The maximum Gasteiger partial charge on any atom is 0.331 e. The number of halogens is 1. The number of ether oxygens (including phenoxy) is 1. The Morgan fingerprint density at radius 1 is 1.19 bits per heavy atom. The molecule has 0 bridgehead atoms. The van der Waals surface area contributed by atoms with Gasteiger partial charge < -0.3 is 14.1 Å². The molecule has 0 aliphatic rings. The lowest BCUT2D eigenvalue weighted by Gasteiger charge is -2.17. The quantitative estimate of drug-likeness (QED) is 0.440. The van der Waals surface area contributed by atoms with Crippen LogP contribution in [0.1, 0.15) is 11.5 Å². The fraction of sp³-hybridized carbons (Fsp3) is 0.150. The van der Waals surface area contributed by atoms with Crippen LogP contribution in [0, 0.1) is 0 Å². The van der Waals surface area contributed by atoms with E-state index in [2.05, 4.69) is 20.9 Å². The largest absolute Gasteiger partial charge is 0.452 e. The van der Waals surface area contributed by atoms with Gasteiger partial charge in [0.2, 0.25) is 5.89 Å². The predicted octanol–water partition coefficient (Wildman–Crippen LogP) is 3.81. The van der Waals surface area contributed by atoms with E-state index >= 15 is 0 Å². The normalized spacial score (nSPS) is 11.0. The van der Waals surface area contributed by atoms with Gasteiger partial charge in [-0.2, -0.15) is 0 Å². The molecule has 0 aliphatic carbocycles. The topological polar surface area (TPSA) is 72.6 Å². The number of likely N-dealkylation sites (N-methyl/N-ethyl adjacent to an activating group) is 1. The highest BCUT2D eigenvalue weighted by Crippen LogP contribution is 2.15. The molecule has 0 saturated heterocycles. The van der Waals surface area contributed by atoms with Crippen LogP contribution in [-0.4, -0.2) is 35.4 Å². The highest BCUT2D eigenvalue weighted by Gasteiger charge is 2.11. The first kappa shape index (κ1) is 18.8. The van der Waals surface area contributed by atoms with E-state index in [0.717, 1.165) is 10.0 Å². The molecule has 0 aliphatic heterocycles. The molecule has 0 N–H and O–H groups in total. The van der Waals surface area contributed by atoms with Gasteiger partial charge in [0.25, 0.3) is 5.91 Å². The van der Waals surface area contributed by atoms with E-state index in [0.29, 0.717) is 23.5 Å². The van der Waals surface area contributed by atoms with Crippen LogP contribution in [0.2, 0.25) is 0 Å². The van der Waals surface area contributed by atoms with Crippen molar-refractivity contribution in [1.82, 2.24) is 9.88 Å². The molecule has 1 heterocycles. The Hall–Kier alpha value is -2.93. The second-order valence-corrected chi connectivity index (χ2v) is 6.75. The summed E-state index contributed by atoms with van der Waals surface area (Å²) in [5.41, 5.74) is 2.32. The predicted molar refractivity (Wildman–Crippen MR) is 105 cm³/mol. The number of amides is 1. The summed E-state index contributed by atoms with van der Waals surface area (Å²) >= 11 is 3.37. The Balaban J connectivity index is 1.48. The Morgan fingerprint density at radius 2 is 1.93 bits per heavy atom. The van der Waals surface area contributed by atoms with Crippen LogP contribution in [0.4, 0.5) is 0 Å². The second kappa shape index (κ2) is 8.64. The summed E-state index contributed by atoms with van der Waals surface area (Å²) in [6.45, 7) is 0.103. The molecular formula is C20H17BrN2O4. The first-order valence-corrected chi connectivity index (χ1v) is 8.99. The highest BCUT2D eigenvalue weighted by molar-refractivity contribution is 9.10. The van der Waals surface area contributed by atoms with E-state index in [4.69, 9.17) is 9.15 Å². The van der Waals surface area contributed by atoms with Gasteiger partial charge in [-0.25, -0.2) is 9.78 Å². The highest BCUT2D eigenvalue weighted by atomic mass is 79.9. The van der Waals surface area contributed by atoms with Crippen molar-refractivity contribution in [3.8, 4) is 0 Å². The number of carbonyl (C=O) groups excluding carboxylic acids is 2. The summed E-state index contributed by atoms with van der Waals surface area (Å²) in [5.74, 6) is -0.629. The van der Waals surface area contributed by atoms with Crippen molar-refractivity contribution in [1.29, 1.82) is 0 Å². The van der Waals surface area contributed by atoms with E-state index in [9.17, 15) is 9.59 Å². The van der Waals surface area contributed by atoms with Crippen LogP contribution < -0.4 is 0 Å². The van der Waals surface area contributed by atoms with E-state index < -0.39 is 5.97 Å². The number of rotatable bonds is 6. The number of oxazole rings is 1. The lowest BCUT2D eigenvalue weighted by molar-refractivity contribution is -0.147. The van der Waals surface area contributed by atoms with Gasteiger partial charge in [0.15, 0.2) is 12.2 Å². The number of benzene rings is 2. The molecule has 138 valence electrons. The number of hydrogen-bond acceptors (Lipinski definition) is 5. The molecule has 1 aromatic heterocycles. The van der Waals surface area contributed by atoms with Crippen molar-refractivity contribution in [3.05, 3.63) is 70.5 Å². The standard InChI is InChI=1S/C20H17BrN2O4/c1-23(12-14-6-8-15(21)9-7-14)19(24)13-26-20(25)11-10-18-22-16-4-2-3-5-17(16)27-18/h2-11H,12-13H2,1H3/b11-10+. The third-order valence-electron chi connectivity index (χ3n) is 3.77. The van der Waals surface area contributed by atoms with Crippen LogP contribution in [0.3, 0.4) is 0 Å². The molecule has 0 fully saturated rings. The molecule has 0 unspecified atom stereocenters. The summed E-state index contributed by atoms with van der Waals surface area (Å²) < 4.78 is 11.4. The molecule has 6 nitrogen and oxygen atoms in total. The van der Waals surface area contributed by atoms with Crippen molar-refractivity contribution < 1.29 is 18.7 Å². The number of aromatic nitrogens is 1. The minimum Gasteiger partial charge on any atom is -0.452 e. The van der Waals surface area contributed by atoms with Gasteiger partial charge in [0, 0.05) is 30.2 Å². The molecule has 2 aromatic carbocycles. The minimum atomic E-state index is -0.636. The second-order valence-electron chi connectivity index (χ2n) is 5.84. The SMILES string of the molecule is CN(Cc1ccc(Br)cc1)C(=O)COC(=O)/C=C/c1nc2ccccc2o1. The van der Waals surface area contributed by atoms with E-state index in [1.807, 2.05) is 42.5 Å². The Morgan fingerprint density at radius 3 is 2.67 bits per heavy atom. The molecule has 0 saturated carbocycles. The Labute approximate surface area is 164 Å². The van der Waals surface area contributed by atoms with Crippen molar-refractivity contribution in [3.63, 3.8) is 0 Å². The van der Waals surface area contributed by atoms with Gasteiger partial charge in [-0.3, -0.25) is 4.79 Å². The Kier molecular flexibility index (Phi) is 6.03. The lowest BCUT2D eigenvalue weighted by Crippen LogP contribution is -2.30. The first-order valence-electron chi connectivity index (χ1n) is 8.20. The fourth-order valence-electron chi connectivity index (χ4n) is 2.34. The van der Waals surface area contributed by atoms with Crippen molar-refractivity contribution in [2.75, 3.05) is 13.7 Å². The number of hydrogen-bond donors (Lipinski definition) is 0. The number of carbonyl (C=O) groups is 2. The molecule has 7 heteroatoms. The lowest BCUT2D eigenvalue weighted by atomic mass is 10.2. The number of esters is 1. The molecule has 1 amide bonds. The van der Waals surface area contributed by atoms with Gasteiger partial charge in [0.1, 0.15) is 5.52 Å². The van der Waals surface area contributed by atoms with Crippen molar-refractivity contribution in [2.45, 2.75) is 6.54 Å². The van der Waals surface area contributed by atoms with Crippen molar-refractivity contribution >= 4 is 45.0 Å². The summed E-state index contributed by atoms with van der Waals surface area (Å²) in [4.78, 5) is 29.6. The molecule has 0 atom stereocenters. The monoisotopic (exact) mass is 428 g/mol. The number of fused-ring (bicyclic) bond motifs is 1.